The van der Waals surface area contributed by atoms with Crippen molar-refractivity contribution in [2.75, 3.05) is 60.9 Å². The molecule has 0 aromatic heterocycles. The molecule has 28 heavy (non-hydrogen) atoms. The van der Waals surface area contributed by atoms with Crippen molar-refractivity contribution in [1.29, 1.82) is 0 Å². The van der Waals surface area contributed by atoms with Gasteiger partial charge in [-0.2, -0.15) is 0 Å². The molecule has 6 heteroatoms. The lowest BCUT2D eigenvalue weighted by molar-refractivity contribution is -0.129. The van der Waals surface area contributed by atoms with Gasteiger partial charge in [0.2, 0.25) is 5.91 Å². The van der Waals surface area contributed by atoms with E-state index in [0.717, 1.165) is 37.6 Å². The fourth-order valence-corrected chi connectivity index (χ4v) is 3.92. The van der Waals surface area contributed by atoms with E-state index in [1.165, 1.54) is 30.7 Å². The number of hydrogen-bond acceptors (Lipinski definition) is 4. The minimum absolute atomic E-state index is 0.113. The van der Waals surface area contributed by atoms with Gasteiger partial charge in [0.1, 0.15) is 5.82 Å². The highest BCUT2D eigenvalue weighted by molar-refractivity contribution is 5.81. The molecule has 0 bridgehead atoms. The lowest BCUT2D eigenvalue weighted by Gasteiger charge is -2.36. The number of hydrogen-bond donors (Lipinski definition) is 1. The Bertz CT molecular complexity index is 779. The lowest BCUT2D eigenvalue weighted by atomic mass is 10.2. The van der Waals surface area contributed by atoms with Crippen LogP contribution in [-0.4, -0.2) is 56.6 Å². The molecule has 2 saturated heterocycles. The van der Waals surface area contributed by atoms with Crippen LogP contribution < -0.4 is 15.1 Å². The molecule has 2 aromatic rings. The molecule has 148 valence electrons. The molecule has 0 unspecified atom stereocenters. The molecular weight excluding hydrogens is 355 g/mol. The summed E-state index contributed by atoms with van der Waals surface area (Å²) < 4.78 is 13.1. The third-order valence-corrected chi connectivity index (χ3v) is 5.61. The largest absolute Gasteiger partial charge is 0.376 e. The van der Waals surface area contributed by atoms with Crippen LogP contribution >= 0.6 is 0 Å². The summed E-state index contributed by atoms with van der Waals surface area (Å²) in [5, 5.41) is 3.24. The van der Waals surface area contributed by atoms with Crippen molar-refractivity contribution >= 4 is 23.0 Å². The highest BCUT2D eigenvalue weighted by Crippen LogP contribution is 2.22. The summed E-state index contributed by atoms with van der Waals surface area (Å²) >= 11 is 0. The van der Waals surface area contributed by atoms with Crippen molar-refractivity contribution in [1.82, 2.24) is 4.90 Å². The van der Waals surface area contributed by atoms with Crippen LogP contribution in [0.5, 0.6) is 0 Å². The summed E-state index contributed by atoms with van der Waals surface area (Å²) in [5.74, 6) is -0.112. The molecule has 0 saturated carbocycles. The Morgan fingerprint density at radius 2 is 1.32 bits per heavy atom. The molecule has 2 fully saturated rings. The minimum Gasteiger partial charge on any atom is -0.376 e. The Kier molecular flexibility index (Phi) is 5.65. The van der Waals surface area contributed by atoms with Gasteiger partial charge in [-0.1, -0.05) is 0 Å². The van der Waals surface area contributed by atoms with Crippen LogP contribution in [0.15, 0.2) is 48.5 Å². The fraction of sp³-hybridized carbons (Fsp3) is 0.409. The van der Waals surface area contributed by atoms with Gasteiger partial charge in [0, 0.05) is 56.3 Å². The quantitative estimate of drug-likeness (QED) is 0.862. The Hall–Kier alpha value is -2.76. The molecule has 0 radical (unpaired) electrons. The molecule has 2 aliphatic rings. The Labute approximate surface area is 165 Å². The van der Waals surface area contributed by atoms with E-state index in [9.17, 15) is 9.18 Å². The maximum atomic E-state index is 13.1. The van der Waals surface area contributed by atoms with Gasteiger partial charge in [0.05, 0.1) is 6.54 Å². The molecule has 0 atom stereocenters. The summed E-state index contributed by atoms with van der Waals surface area (Å²) in [6.45, 7) is 5.48. The van der Waals surface area contributed by atoms with Gasteiger partial charge in [-0.05, 0) is 61.4 Å². The zero-order valence-electron chi connectivity index (χ0n) is 16.1. The zero-order chi connectivity index (χ0) is 19.3. The van der Waals surface area contributed by atoms with Crippen LogP contribution in [-0.2, 0) is 4.79 Å². The molecule has 1 N–H and O–H groups in total. The molecule has 5 nitrogen and oxygen atoms in total. The second-order valence-electron chi connectivity index (χ2n) is 7.44. The fourth-order valence-electron chi connectivity index (χ4n) is 3.92. The molecule has 4 rings (SSSR count). The van der Waals surface area contributed by atoms with E-state index in [1.807, 2.05) is 17.0 Å². The maximum absolute atomic E-state index is 13.1. The first kappa shape index (κ1) is 18.6. The van der Waals surface area contributed by atoms with E-state index in [-0.39, 0.29) is 11.7 Å². The third-order valence-electron chi connectivity index (χ3n) is 5.61. The predicted molar refractivity (Wildman–Crippen MR) is 112 cm³/mol. The molecule has 2 heterocycles. The van der Waals surface area contributed by atoms with Crippen LogP contribution in [0.1, 0.15) is 12.8 Å². The molecule has 0 spiro atoms. The predicted octanol–water partition coefficient (Wildman–Crippen LogP) is 3.19. The number of carbonyl (C=O) groups is 1. The summed E-state index contributed by atoms with van der Waals surface area (Å²) in [6, 6.07) is 14.9. The second kappa shape index (κ2) is 8.50. The standard InChI is InChI=1S/C22H27FN4O/c23-18-3-7-20(8-4-18)26-13-15-27(16-14-26)22(28)17-24-19-5-9-21(10-6-19)25-11-1-2-12-25/h3-10,24H,1-2,11-17H2. The highest BCUT2D eigenvalue weighted by atomic mass is 19.1. The number of halogens is 1. The topological polar surface area (TPSA) is 38.8 Å². The summed E-state index contributed by atoms with van der Waals surface area (Å²) in [7, 11) is 0. The molecule has 2 aliphatic heterocycles. The maximum Gasteiger partial charge on any atom is 0.241 e. The van der Waals surface area contributed by atoms with Crippen LogP contribution in [0.2, 0.25) is 0 Å². The first-order chi connectivity index (χ1) is 13.7. The average molecular weight is 382 g/mol. The highest BCUT2D eigenvalue weighted by Gasteiger charge is 2.21. The van der Waals surface area contributed by atoms with Gasteiger partial charge >= 0.3 is 0 Å². The van der Waals surface area contributed by atoms with Crippen molar-refractivity contribution in [2.45, 2.75) is 12.8 Å². The van der Waals surface area contributed by atoms with Crippen molar-refractivity contribution < 1.29 is 9.18 Å². The number of amides is 1. The molecule has 2 aromatic carbocycles. The second-order valence-corrected chi connectivity index (χ2v) is 7.44. The van der Waals surface area contributed by atoms with Crippen molar-refractivity contribution in [3.63, 3.8) is 0 Å². The van der Waals surface area contributed by atoms with Crippen LogP contribution in [0.3, 0.4) is 0 Å². The van der Waals surface area contributed by atoms with Gasteiger partial charge in [-0.3, -0.25) is 4.79 Å². The number of anilines is 3. The number of benzene rings is 2. The molecule has 0 aliphatic carbocycles. The number of nitrogens with one attached hydrogen (secondary N) is 1. The van der Waals surface area contributed by atoms with E-state index >= 15 is 0 Å². The number of carbonyl (C=O) groups excluding carboxylic acids is 1. The normalized spacial score (nSPS) is 17.1. The summed E-state index contributed by atoms with van der Waals surface area (Å²) in [4.78, 5) is 19.0. The van der Waals surface area contributed by atoms with Gasteiger partial charge in [0.15, 0.2) is 0 Å². The van der Waals surface area contributed by atoms with E-state index in [4.69, 9.17) is 0 Å². The average Bonchev–Trinajstić information content (AvgIpc) is 3.28. The first-order valence-electron chi connectivity index (χ1n) is 10.1. The zero-order valence-corrected chi connectivity index (χ0v) is 16.1. The van der Waals surface area contributed by atoms with Gasteiger partial charge in [-0.15, -0.1) is 0 Å². The third kappa shape index (κ3) is 4.38. The Balaban J connectivity index is 1.24. The van der Waals surface area contributed by atoms with Crippen molar-refractivity contribution in [3.8, 4) is 0 Å². The van der Waals surface area contributed by atoms with Gasteiger partial charge in [0.25, 0.3) is 0 Å². The monoisotopic (exact) mass is 382 g/mol. The van der Waals surface area contributed by atoms with Crippen molar-refractivity contribution in [3.05, 3.63) is 54.3 Å². The first-order valence-corrected chi connectivity index (χ1v) is 10.1. The van der Waals surface area contributed by atoms with E-state index in [0.29, 0.717) is 19.6 Å². The Morgan fingerprint density at radius 1 is 0.786 bits per heavy atom. The van der Waals surface area contributed by atoms with Crippen LogP contribution in [0.25, 0.3) is 0 Å². The smallest absolute Gasteiger partial charge is 0.241 e. The number of piperazine rings is 1. The van der Waals surface area contributed by atoms with Gasteiger partial charge < -0.3 is 20.0 Å². The summed E-state index contributed by atoms with van der Waals surface area (Å²) in [5.41, 5.74) is 3.23. The Morgan fingerprint density at radius 3 is 1.93 bits per heavy atom. The van der Waals surface area contributed by atoms with E-state index in [1.54, 1.807) is 12.1 Å². The molecule has 1 amide bonds. The van der Waals surface area contributed by atoms with E-state index in [2.05, 4.69) is 27.2 Å². The van der Waals surface area contributed by atoms with Crippen LogP contribution in [0, 0.1) is 5.82 Å². The van der Waals surface area contributed by atoms with Crippen LogP contribution in [0.4, 0.5) is 21.5 Å². The lowest BCUT2D eigenvalue weighted by Crippen LogP contribution is -2.50. The minimum atomic E-state index is -0.225. The SMILES string of the molecule is O=C(CNc1ccc(N2CCCC2)cc1)N1CCN(c2ccc(F)cc2)CC1. The number of nitrogens with zero attached hydrogens (tertiary/aromatic N) is 3. The number of rotatable bonds is 5. The molecular formula is C22H27FN4O. The summed E-state index contributed by atoms with van der Waals surface area (Å²) in [6.07, 6.45) is 2.53. The van der Waals surface area contributed by atoms with Crippen molar-refractivity contribution in [2.24, 2.45) is 0 Å². The van der Waals surface area contributed by atoms with E-state index < -0.39 is 0 Å². The van der Waals surface area contributed by atoms with Gasteiger partial charge in [-0.25, -0.2) is 4.39 Å².